The molecule has 0 radical (unpaired) electrons. The first-order valence-electron chi connectivity index (χ1n) is 6.00. The van der Waals surface area contributed by atoms with Crippen LogP contribution in [0.25, 0.3) is 0 Å². The van der Waals surface area contributed by atoms with Gasteiger partial charge in [0.25, 0.3) is 11.6 Å². The molecule has 1 unspecified atom stereocenters. The van der Waals surface area contributed by atoms with E-state index in [4.69, 9.17) is 0 Å². The monoisotopic (exact) mass is 280 g/mol. The highest BCUT2D eigenvalue weighted by Crippen LogP contribution is 2.18. The van der Waals surface area contributed by atoms with Crippen LogP contribution < -0.4 is 5.32 Å². The first-order valence-corrected chi connectivity index (χ1v) is 6.00. The van der Waals surface area contributed by atoms with Crippen molar-refractivity contribution in [1.82, 2.24) is 5.32 Å². The fourth-order valence-electron chi connectivity index (χ4n) is 1.67. The minimum atomic E-state index is -0.854. The first-order chi connectivity index (χ1) is 9.38. The molecule has 1 aromatic carbocycles. The van der Waals surface area contributed by atoms with Crippen molar-refractivity contribution < 1.29 is 19.2 Å². The van der Waals surface area contributed by atoms with Gasteiger partial charge in [-0.3, -0.25) is 14.9 Å². The third-order valence-corrected chi connectivity index (χ3v) is 2.75. The van der Waals surface area contributed by atoms with Gasteiger partial charge in [-0.1, -0.05) is 26.0 Å². The van der Waals surface area contributed by atoms with Crippen LogP contribution in [-0.2, 0) is 9.53 Å². The van der Waals surface area contributed by atoms with Crippen molar-refractivity contribution in [2.75, 3.05) is 7.11 Å². The second kappa shape index (κ2) is 6.65. The number of nitrogens with zero attached hydrogens (tertiary/aromatic N) is 1. The van der Waals surface area contributed by atoms with Gasteiger partial charge in [0.05, 0.1) is 12.0 Å². The molecule has 0 aromatic heterocycles. The number of nitrogens with one attached hydrogen (secondary N) is 1. The molecule has 1 aromatic rings. The second-order valence-electron chi connectivity index (χ2n) is 4.49. The summed E-state index contributed by atoms with van der Waals surface area (Å²) < 4.78 is 4.60. The summed E-state index contributed by atoms with van der Waals surface area (Å²) >= 11 is 0. The number of hydrogen-bond acceptors (Lipinski definition) is 5. The molecule has 0 heterocycles. The highest BCUT2D eigenvalue weighted by molar-refractivity contribution is 6.00. The van der Waals surface area contributed by atoms with E-state index in [1.807, 2.05) is 0 Å². The maximum atomic E-state index is 12.1. The van der Waals surface area contributed by atoms with E-state index in [1.54, 1.807) is 13.8 Å². The van der Waals surface area contributed by atoms with Crippen LogP contribution in [0, 0.1) is 16.0 Å². The van der Waals surface area contributed by atoms with E-state index < -0.39 is 22.8 Å². The molecule has 1 N–H and O–H groups in total. The van der Waals surface area contributed by atoms with Crippen molar-refractivity contribution in [3.05, 3.63) is 39.9 Å². The number of ether oxygens (including phenoxy) is 1. The lowest BCUT2D eigenvalue weighted by atomic mass is 10.0. The van der Waals surface area contributed by atoms with Crippen LogP contribution >= 0.6 is 0 Å². The summed E-state index contributed by atoms with van der Waals surface area (Å²) in [5, 5.41) is 13.3. The summed E-state index contributed by atoms with van der Waals surface area (Å²) in [6.07, 6.45) is 0. The van der Waals surface area contributed by atoms with E-state index in [1.165, 1.54) is 31.4 Å². The molecule has 0 spiro atoms. The van der Waals surface area contributed by atoms with E-state index in [-0.39, 0.29) is 17.2 Å². The van der Waals surface area contributed by atoms with Crippen LogP contribution in [0.15, 0.2) is 24.3 Å². The Morgan fingerprint density at radius 1 is 1.30 bits per heavy atom. The standard InChI is InChI=1S/C13H16N2O5/c1-8(2)11(13(17)20-3)14-12(16)9-6-4-5-7-10(9)15(18)19/h4-8,11H,1-3H3,(H,14,16). The van der Waals surface area contributed by atoms with Gasteiger partial charge in [-0.05, 0) is 12.0 Å². The maximum absolute atomic E-state index is 12.1. The SMILES string of the molecule is COC(=O)C(NC(=O)c1ccccc1[N+](=O)[O-])C(C)C. The van der Waals surface area contributed by atoms with Gasteiger partial charge in [-0.15, -0.1) is 0 Å². The summed E-state index contributed by atoms with van der Waals surface area (Å²) in [5.74, 6) is -1.47. The Morgan fingerprint density at radius 2 is 1.90 bits per heavy atom. The van der Waals surface area contributed by atoms with Crippen molar-refractivity contribution >= 4 is 17.6 Å². The molecule has 7 heteroatoms. The molecule has 0 aliphatic rings. The Labute approximate surface area is 116 Å². The molecular formula is C13H16N2O5. The number of benzene rings is 1. The summed E-state index contributed by atoms with van der Waals surface area (Å²) in [6, 6.07) is 4.70. The number of esters is 1. The van der Waals surface area contributed by atoms with E-state index in [9.17, 15) is 19.7 Å². The Morgan fingerprint density at radius 3 is 2.40 bits per heavy atom. The molecule has 1 rings (SSSR count). The van der Waals surface area contributed by atoms with Crippen LogP contribution in [0.5, 0.6) is 0 Å². The predicted octanol–water partition coefficient (Wildman–Crippen LogP) is 1.52. The van der Waals surface area contributed by atoms with Gasteiger partial charge in [0.15, 0.2) is 0 Å². The van der Waals surface area contributed by atoms with Crippen LogP contribution in [0.2, 0.25) is 0 Å². The van der Waals surface area contributed by atoms with Gasteiger partial charge in [0.1, 0.15) is 11.6 Å². The van der Waals surface area contributed by atoms with Crippen LogP contribution in [0.4, 0.5) is 5.69 Å². The normalized spacial score (nSPS) is 11.8. The fraction of sp³-hybridized carbons (Fsp3) is 0.385. The predicted molar refractivity (Wildman–Crippen MR) is 71.2 cm³/mol. The number of amides is 1. The Bertz CT molecular complexity index is 527. The third kappa shape index (κ3) is 3.53. The molecule has 7 nitrogen and oxygen atoms in total. The van der Waals surface area contributed by atoms with Crippen LogP contribution in [-0.4, -0.2) is 30.0 Å². The van der Waals surface area contributed by atoms with Gasteiger partial charge in [0, 0.05) is 6.07 Å². The molecule has 0 aliphatic heterocycles. The van der Waals surface area contributed by atoms with Gasteiger partial charge < -0.3 is 10.1 Å². The van der Waals surface area contributed by atoms with E-state index in [0.29, 0.717) is 0 Å². The molecule has 20 heavy (non-hydrogen) atoms. The summed E-state index contributed by atoms with van der Waals surface area (Å²) in [6.45, 7) is 3.47. The summed E-state index contributed by atoms with van der Waals surface area (Å²) in [5.41, 5.74) is -0.399. The lowest BCUT2D eigenvalue weighted by Gasteiger charge is -2.19. The van der Waals surface area contributed by atoms with Gasteiger partial charge >= 0.3 is 5.97 Å². The van der Waals surface area contributed by atoms with Gasteiger partial charge in [-0.25, -0.2) is 4.79 Å². The van der Waals surface area contributed by atoms with Crippen molar-refractivity contribution in [2.24, 2.45) is 5.92 Å². The highest BCUT2D eigenvalue weighted by atomic mass is 16.6. The van der Waals surface area contributed by atoms with Crippen LogP contribution in [0.1, 0.15) is 24.2 Å². The topological polar surface area (TPSA) is 98.5 Å². The fourth-order valence-corrected chi connectivity index (χ4v) is 1.67. The summed E-state index contributed by atoms with van der Waals surface area (Å²) in [7, 11) is 1.22. The molecule has 0 aliphatic carbocycles. The minimum Gasteiger partial charge on any atom is -0.467 e. The lowest BCUT2D eigenvalue weighted by Crippen LogP contribution is -2.45. The number of nitro benzene ring substituents is 1. The van der Waals surface area contributed by atoms with E-state index in [2.05, 4.69) is 10.1 Å². The molecule has 0 saturated carbocycles. The molecule has 0 fully saturated rings. The number of hydrogen-bond donors (Lipinski definition) is 1. The molecule has 0 saturated heterocycles. The van der Waals surface area contributed by atoms with Gasteiger partial charge in [0.2, 0.25) is 0 Å². The molecule has 0 bridgehead atoms. The number of nitro groups is 1. The van der Waals surface area contributed by atoms with Gasteiger partial charge in [-0.2, -0.15) is 0 Å². The van der Waals surface area contributed by atoms with Crippen LogP contribution in [0.3, 0.4) is 0 Å². The zero-order valence-corrected chi connectivity index (χ0v) is 11.5. The van der Waals surface area contributed by atoms with E-state index in [0.717, 1.165) is 0 Å². The Balaban J connectivity index is 3.01. The van der Waals surface area contributed by atoms with Crippen molar-refractivity contribution in [3.63, 3.8) is 0 Å². The smallest absolute Gasteiger partial charge is 0.328 e. The lowest BCUT2D eigenvalue weighted by molar-refractivity contribution is -0.385. The first kappa shape index (κ1) is 15.6. The maximum Gasteiger partial charge on any atom is 0.328 e. The van der Waals surface area contributed by atoms with Crippen molar-refractivity contribution in [2.45, 2.75) is 19.9 Å². The third-order valence-electron chi connectivity index (χ3n) is 2.75. The Hall–Kier alpha value is -2.44. The van der Waals surface area contributed by atoms with E-state index >= 15 is 0 Å². The number of rotatable bonds is 5. The Kier molecular flexibility index (Phi) is 5.19. The van der Waals surface area contributed by atoms with Crippen molar-refractivity contribution in [1.29, 1.82) is 0 Å². The zero-order valence-electron chi connectivity index (χ0n) is 11.5. The number of carbonyl (C=O) groups excluding carboxylic acids is 2. The summed E-state index contributed by atoms with van der Waals surface area (Å²) in [4.78, 5) is 33.9. The molecular weight excluding hydrogens is 264 g/mol. The zero-order chi connectivity index (χ0) is 15.3. The largest absolute Gasteiger partial charge is 0.467 e. The highest BCUT2D eigenvalue weighted by Gasteiger charge is 2.28. The second-order valence-corrected chi connectivity index (χ2v) is 4.49. The number of carbonyl (C=O) groups is 2. The number of para-hydroxylation sites is 1. The van der Waals surface area contributed by atoms with Crippen molar-refractivity contribution in [3.8, 4) is 0 Å². The average Bonchev–Trinajstić information content (AvgIpc) is 2.43. The molecule has 1 atom stereocenters. The number of methoxy groups -OCH3 is 1. The minimum absolute atomic E-state index is 0.0907. The molecule has 108 valence electrons. The quantitative estimate of drug-likeness (QED) is 0.501. The average molecular weight is 280 g/mol. The molecule has 1 amide bonds.